The van der Waals surface area contributed by atoms with Gasteiger partial charge in [0, 0.05) is 32.0 Å². The summed E-state index contributed by atoms with van der Waals surface area (Å²) in [7, 11) is 0. The van der Waals surface area contributed by atoms with Crippen LogP contribution < -0.4 is 11.1 Å². The first-order valence-electron chi connectivity index (χ1n) is 5.00. The lowest BCUT2D eigenvalue weighted by molar-refractivity contribution is -0.128. The van der Waals surface area contributed by atoms with E-state index in [0.717, 1.165) is 6.54 Å². The average Bonchev–Trinajstić information content (AvgIpc) is 2.70. The highest BCUT2D eigenvalue weighted by molar-refractivity contribution is 5.81. The van der Waals surface area contributed by atoms with Crippen LogP contribution in [0.3, 0.4) is 0 Å². The van der Waals surface area contributed by atoms with Crippen LogP contribution in [0.4, 0.5) is 0 Å². The quantitative estimate of drug-likeness (QED) is 0.717. The average molecular weight is 210 g/mol. The van der Waals surface area contributed by atoms with Gasteiger partial charge in [0.2, 0.25) is 5.91 Å². The van der Waals surface area contributed by atoms with Gasteiger partial charge in [-0.05, 0) is 13.8 Å². The van der Waals surface area contributed by atoms with Gasteiger partial charge in [-0.3, -0.25) is 4.79 Å². The number of hydrogen-bond acceptors (Lipinski definition) is 3. The molecule has 0 atom stereocenters. The van der Waals surface area contributed by atoms with Crippen molar-refractivity contribution in [3.63, 3.8) is 0 Å². The summed E-state index contributed by atoms with van der Waals surface area (Å²) in [4.78, 5) is 15.5. The molecule has 0 aromatic carbocycles. The second-order valence-electron chi connectivity index (χ2n) is 4.14. The second-order valence-corrected chi connectivity index (χ2v) is 4.14. The fourth-order valence-electron chi connectivity index (χ4n) is 1.05. The van der Waals surface area contributed by atoms with E-state index in [0.29, 0.717) is 13.1 Å². The summed E-state index contributed by atoms with van der Waals surface area (Å²) in [6.45, 7) is 5.34. The van der Waals surface area contributed by atoms with Gasteiger partial charge in [0.25, 0.3) is 0 Å². The Morgan fingerprint density at radius 2 is 2.33 bits per heavy atom. The molecule has 1 amide bonds. The molecule has 0 bridgehead atoms. The molecule has 1 aromatic rings. The number of nitrogens with two attached hydrogens (primary N) is 1. The van der Waals surface area contributed by atoms with Gasteiger partial charge >= 0.3 is 0 Å². The molecule has 3 N–H and O–H groups in total. The molecular formula is C10H18N4O. The van der Waals surface area contributed by atoms with Crippen LogP contribution in [0.1, 0.15) is 13.8 Å². The van der Waals surface area contributed by atoms with Gasteiger partial charge in [0.1, 0.15) is 0 Å². The number of aromatic nitrogens is 2. The smallest absolute Gasteiger partial charge is 0.226 e. The summed E-state index contributed by atoms with van der Waals surface area (Å²) in [5.74, 6) is -0.00915. The molecule has 5 nitrogen and oxygen atoms in total. The highest BCUT2D eigenvalue weighted by Gasteiger charge is 2.24. The van der Waals surface area contributed by atoms with E-state index in [9.17, 15) is 4.79 Å². The van der Waals surface area contributed by atoms with Crippen LogP contribution in [0.15, 0.2) is 18.7 Å². The lowest BCUT2D eigenvalue weighted by atomic mass is 9.93. The molecule has 84 valence electrons. The SMILES string of the molecule is CC(C)(CN)C(=O)NCCn1ccnc1. The maximum Gasteiger partial charge on any atom is 0.226 e. The molecule has 0 radical (unpaired) electrons. The van der Waals surface area contributed by atoms with Gasteiger partial charge in [-0.25, -0.2) is 4.98 Å². The van der Waals surface area contributed by atoms with Gasteiger partial charge in [-0.1, -0.05) is 0 Å². The molecule has 1 rings (SSSR count). The van der Waals surface area contributed by atoms with Gasteiger partial charge in [0.05, 0.1) is 11.7 Å². The fourth-order valence-corrected chi connectivity index (χ4v) is 1.05. The molecule has 0 aliphatic carbocycles. The van der Waals surface area contributed by atoms with E-state index in [1.165, 1.54) is 0 Å². The zero-order valence-electron chi connectivity index (χ0n) is 9.23. The lowest BCUT2D eigenvalue weighted by Crippen LogP contribution is -2.42. The minimum Gasteiger partial charge on any atom is -0.354 e. The number of hydrogen-bond donors (Lipinski definition) is 2. The van der Waals surface area contributed by atoms with Crippen LogP contribution in [0.25, 0.3) is 0 Å². The summed E-state index contributed by atoms with van der Waals surface area (Å²) in [6, 6.07) is 0. The summed E-state index contributed by atoms with van der Waals surface area (Å²) < 4.78 is 1.91. The van der Waals surface area contributed by atoms with E-state index in [1.807, 2.05) is 24.6 Å². The van der Waals surface area contributed by atoms with E-state index in [1.54, 1.807) is 12.5 Å². The lowest BCUT2D eigenvalue weighted by Gasteiger charge is -2.21. The molecule has 0 saturated heterocycles. The zero-order valence-corrected chi connectivity index (χ0v) is 9.23. The van der Waals surface area contributed by atoms with Crippen molar-refractivity contribution in [3.05, 3.63) is 18.7 Å². The van der Waals surface area contributed by atoms with Crippen molar-refractivity contribution in [1.82, 2.24) is 14.9 Å². The molecule has 0 aliphatic rings. The molecule has 1 heterocycles. The predicted molar refractivity (Wildman–Crippen MR) is 58.1 cm³/mol. The topological polar surface area (TPSA) is 72.9 Å². The summed E-state index contributed by atoms with van der Waals surface area (Å²) in [5.41, 5.74) is 5.01. The molecule has 0 spiro atoms. The molecule has 15 heavy (non-hydrogen) atoms. The normalized spacial score (nSPS) is 11.4. The van der Waals surface area contributed by atoms with Crippen molar-refractivity contribution < 1.29 is 4.79 Å². The fraction of sp³-hybridized carbons (Fsp3) is 0.600. The number of nitrogens with one attached hydrogen (secondary N) is 1. The van der Waals surface area contributed by atoms with Gasteiger partial charge in [0.15, 0.2) is 0 Å². The number of carbonyl (C=O) groups excluding carboxylic acids is 1. The van der Waals surface area contributed by atoms with Crippen LogP contribution in [-0.2, 0) is 11.3 Å². The Balaban J connectivity index is 2.29. The van der Waals surface area contributed by atoms with E-state index < -0.39 is 5.41 Å². The predicted octanol–water partition coefficient (Wildman–Crippen LogP) is -0.0158. The minimum atomic E-state index is -0.491. The van der Waals surface area contributed by atoms with E-state index in [2.05, 4.69) is 10.3 Å². The highest BCUT2D eigenvalue weighted by atomic mass is 16.2. The summed E-state index contributed by atoms with van der Waals surface area (Å²) in [6.07, 6.45) is 5.30. The Hall–Kier alpha value is -1.36. The Labute approximate surface area is 89.7 Å². The van der Waals surface area contributed by atoms with Gasteiger partial charge < -0.3 is 15.6 Å². The monoisotopic (exact) mass is 210 g/mol. The molecule has 5 heteroatoms. The van der Waals surface area contributed by atoms with E-state index >= 15 is 0 Å². The Morgan fingerprint density at radius 3 is 2.87 bits per heavy atom. The molecular weight excluding hydrogens is 192 g/mol. The van der Waals surface area contributed by atoms with Crippen molar-refractivity contribution in [2.45, 2.75) is 20.4 Å². The number of carbonyl (C=O) groups is 1. The van der Waals surface area contributed by atoms with Crippen molar-refractivity contribution in [1.29, 1.82) is 0 Å². The number of nitrogens with zero attached hydrogens (tertiary/aromatic N) is 2. The maximum absolute atomic E-state index is 11.6. The minimum absolute atomic E-state index is 0.00915. The van der Waals surface area contributed by atoms with E-state index in [4.69, 9.17) is 5.73 Å². The van der Waals surface area contributed by atoms with Crippen molar-refractivity contribution >= 4 is 5.91 Å². The summed E-state index contributed by atoms with van der Waals surface area (Å²) >= 11 is 0. The number of rotatable bonds is 5. The van der Waals surface area contributed by atoms with Crippen LogP contribution in [-0.4, -0.2) is 28.5 Å². The highest BCUT2D eigenvalue weighted by Crippen LogP contribution is 2.11. The molecule has 0 fully saturated rings. The maximum atomic E-state index is 11.6. The van der Waals surface area contributed by atoms with Crippen LogP contribution in [0.2, 0.25) is 0 Å². The zero-order chi connectivity index (χ0) is 11.3. The van der Waals surface area contributed by atoms with Crippen LogP contribution in [0.5, 0.6) is 0 Å². The number of amides is 1. The Morgan fingerprint density at radius 1 is 1.60 bits per heavy atom. The molecule has 0 unspecified atom stereocenters. The Kier molecular flexibility index (Phi) is 3.85. The number of imidazole rings is 1. The molecule has 1 aromatic heterocycles. The first-order chi connectivity index (χ1) is 7.06. The first-order valence-corrected chi connectivity index (χ1v) is 5.00. The Bertz CT molecular complexity index is 305. The van der Waals surface area contributed by atoms with Gasteiger partial charge in [-0.15, -0.1) is 0 Å². The van der Waals surface area contributed by atoms with Crippen molar-refractivity contribution in [2.24, 2.45) is 11.1 Å². The third-order valence-electron chi connectivity index (χ3n) is 2.34. The van der Waals surface area contributed by atoms with Crippen molar-refractivity contribution in [2.75, 3.05) is 13.1 Å². The first kappa shape index (κ1) is 11.7. The van der Waals surface area contributed by atoms with E-state index in [-0.39, 0.29) is 5.91 Å². The van der Waals surface area contributed by atoms with Crippen LogP contribution in [0, 0.1) is 5.41 Å². The standard InChI is InChI=1S/C10H18N4O/c1-10(2,7-11)9(15)13-4-6-14-5-3-12-8-14/h3,5,8H,4,6-7,11H2,1-2H3,(H,13,15). The molecule has 0 saturated carbocycles. The molecule has 0 aliphatic heterocycles. The van der Waals surface area contributed by atoms with Gasteiger partial charge in [-0.2, -0.15) is 0 Å². The second kappa shape index (κ2) is 4.93. The largest absolute Gasteiger partial charge is 0.354 e. The third-order valence-corrected chi connectivity index (χ3v) is 2.34. The summed E-state index contributed by atoms with van der Waals surface area (Å²) in [5, 5.41) is 2.84. The third kappa shape index (κ3) is 3.36. The van der Waals surface area contributed by atoms with Crippen molar-refractivity contribution in [3.8, 4) is 0 Å². The van der Waals surface area contributed by atoms with Crippen LogP contribution >= 0.6 is 0 Å².